The highest BCUT2D eigenvalue weighted by atomic mass is 16.5. The van der Waals surface area contributed by atoms with Gasteiger partial charge in [0.25, 0.3) is 5.91 Å². The van der Waals surface area contributed by atoms with Crippen LogP contribution in [0.3, 0.4) is 0 Å². The lowest BCUT2D eigenvalue weighted by atomic mass is 9.86. The summed E-state index contributed by atoms with van der Waals surface area (Å²) in [6.45, 7) is 5.13. The smallest absolute Gasteiger partial charge is 0.255 e. The van der Waals surface area contributed by atoms with Gasteiger partial charge in [-0.1, -0.05) is 18.2 Å². The number of nitrogens with zero attached hydrogens (tertiary/aromatic N) is 2. The maximum atomic E-state index is 12.7. The first kappa shape index (κ1) is 18.4. The van der Waals surface area contributed by atoms with E-state index in [1.54, 1.807) is 18.3 Å². The normalized spacial score (nSPS) is 15.7. The fourth-order valence-electron chi connectivity index (χ4n) is 3.41. The molecular formula is C21H26N2O3. The molecule has 0 saturated carbocycles. The number of carbonyl (C=O) groups is 1. The number of piperidine rings is 1. The Morgan fingerprint density at radius 3 is 2.46 bits per heavy atom. The van der Waals surface area contributed by atoms with Crippen molar-refractivity contribution in [2.75, 3.05) is 13.1 Å². The number of hydrogen-bond acceptors (Lipinski definition) is 4. The van der Waals surface area contributed by atoms with Gasteiger partial charge in [0, 0.05) is 25.4 Å². The summed E-state index contributed by atoms with van der Waals surface area (Å²) in [5, 5.41) is 9.95. The quantitative estimate of drug-likeness (QED) is 0.885. The van der Waals surface area contributed by atoms with Crippen molar-refractivity contribution in [3.8, 4) is 11.6 Å². The van der Waals surface area contributed by atoms with Gasteiger partial charge in [-0.15, -0.1) is 0 Å². The molecule has 1 aromatic carbocycles. The summed E-state index contributed by atoms with van der Waals surface area (Å²) in [6, 6.07) is 12.9. The molecule has 2 aromatic rings. The highest BCUT2D eigenvalue weighted by Crippen LogP contribution is 2.27. The van der Waals surface area contributed by atoms with Crippen LogP contribution in [0.4, 0.5) is 0 Å². The Hall–Kier alpha value is -2.40. The number of benzene rings is 1. The molecule has 0 atom stereocenters. The van der Waals surface area contributed by atoms with Gasteiger partial charge in [-0.05, 0) is 57.2 Å². The minimum Gasteiger partial charge on any atom is -0.439 e. The van der Waals surface area contributed by atoms with Crippen LogP contribution in [0.1, 0.15) is 43.5 Å². The first-order valence-electron chi connectivity index (χ1n) is 9.11. The van der Waals surface area contributed by atoms with Gasteiger partial charge >= 0.3 is 0 Å². The van der Waals surface area contributed by atoms with E-state index in [1.165, 1.54) is 0 Å². The molecule has 5 nitrogen and oxygen atoms in total. The minimum absolute atomic E-state index is 0.00506. The van der Waals surface area contributed by atoms with Crippen LogP contribution >= 0.6 is 0 Å². The Morgan fingerprint density at radius 2 is 1.88 bits per heavy atom. The summed E-state index contributed by atoms with van der Waals surface area (Å²) >= 11 is 0. The lowest BCUT2D eigenvalue weighted by Gasteiger charge is -2.34. The number of para-hydroxylation sites is 1. The standard InChI is InChI=1S/C21H26N2O3/c1-21(2,25)14-16-10-12-23(13-11-16)20(24)17-8-9-19(22-15-17)26-18-6-4-3-5-7-18/h3-9,15-16,25H,10-14H2,1-2H3. The summed E-state index contributed by atoms with van der Waals surface area (Å²) < 4.78 is 5.66. The van der Waals surface area contributed by atoms with Gasteiger partial charge in [0.15, 0.2) is 0 Å². The Balaban J connectivity index is 1.55. The summed E-state index contributed by atoms with van der Waals surface area (Å²) in [5.74, 6) is 1.66. The fourth-order valence-corrected chi connectivity index (χ4v) is 3.41. The van der Waals surface area contributed by atoms with Gasteiger partial charge in [0.2, 0.25) is 5.88 Å². The predicted molar refractivity (Wildman–Crippen MR) is 100 cm³/mol. The Morgan fingerprint density at radius 1 is 1.19 bits per heavy atom. The summed E-state index contributed by atoms with van der Waals surface area (Å²) in [7, 11) is 0. The monoisotopic (exact) mass is 354 g/mol. The molecule has 26 heavy (non-hydrogen) atoms. The third-order valence-corrected chi connectivity index (χ3v) is 4.64. The van der Waals surface area contributed by atoms with Crippen molar-refractivity contribution in [1.82, 2.24) is 9.88 Å². The maximum absolute atomic E-state index is 12.7. The van der Waals surface area contributed by atoms with Crippen molar-refractivity contribution in [2.45, 2.75) is 38.7 Å². The van der Waals surface area contributed by atoms with Crippen molar-refractivity contribution in [3.05, 3.63) is 54.2 Å². The zero-order chi connectivity index (χ0) is 18.6. The van der Waals surface area contributed by atoms with Gasteiger partial charge in [-0.3, -0.25) is 4.79 Å². The van der Waals surface area contributed by atoms with E-state index in [1.807, 2.05) is 49.1 Å². The number of rotatable bonds is 5. The largest absolute Gasteiger partial charge is 0.439 e. The Bertz CT molecular complexity index is 715. The minimum atomic E-state index is -0.644. The van der Waals surface area contributed by atoms with Crippen LogP contribution < -0.4 is 4.74 Å². The van der Waals surface area contributed by atoms with Crippen LogP contribution in [0.15, 0.2) is 48.7 Å². The molecule has 0 spiro atoms. The van der Waals surface area contributed by atoms with Crippen molar-refractivity contribution >= 4 is 5.91 Å². The van der Waals surface area contributed by atoms with E-state index in [9.17, 15) is 9.90 Å². The van der Waals surface area contributed by atoms with Crippen molar-refractivity contribution in [3.63, 3.8) is 0 Å². The number of pyridine rings is 1. The first-order valence-corrected chi connectivity index (χ1v) is 9.11. The average Bonchev–Trinajstić information content (AvgIpc) is 2.62. The van der Waals surface area contributed by atoms with E-state index >= 15 is 0 Å². The van der Waals surface area contributed by atoms with Gasteiger partial charge in [-0.25, -0.2) is 4.98 Å². The Kier molecular flexibility index (Phi) is 5.57. The third-order valence-electron chi connectivity index (χ3n) is 4.64. The number of carbonyl (C=O) groups excluding carboxylic acids is 1. The SMILES string of the molecule is CC(C)(O)CC1CCN(C(=O)c2ccc(Oc3ccccc3)nc2)CC1. The van der Waals surface area contributed by atoms with E-state index in [4.69, 9.17) is 4.74 Å². The molecular weight excluding hydrogens is 328 g/mol. The molecule has 2 heterocycles. The molecule has 3 rings (SSSR count). The molecule has 138 valence electrons. The van der Waals surface area contributed by atoms with Gasteiger partial charge in [0.1, 0.15) is 5.75 Å². The van der Waals surface area contributed by atoms with Gasteiger partial charge in [0.05, 0.1) is 11.2 Å². The van der Waals surface area contributed by atoms with E-state index < -0.39 is 5.60 Å². The molecule has 1 aliphatic heterocycles. The summed E-state index contributed by atoms with van der Waals surface area (Å²) in [4.78, 5) is 18.8. The van der Waals surface area contributed by atoms with Gasteiger partial charge < -0.3 is 14.7 Å². The molecule has 1 saturated heterocycles. The topological polar surface area (TPSA) is 62.7 Å². The van der Waals surface area contributed by atoms with Crippen LogP contribution in [0.2, 0.25) is 0 Å². The van der Waals surface area contributed by atoms with Crippen molar-refractivity contribution in [2.24, 2.45) is 5.92 Å². The zero-order valence-electron chi connectivity index (χ0n) is 15.4. The number of hydrogen-bond donors (Lipinski definition) is 1. The molecule has 0 radical (unpaired) electrons. The van der Waals surface area contributed by atoms with Crippen LogP contribution in [0, 0.1) is 5.92 Å². The fraction of sp³-hybridized carbons (Fsp3) is 0.429. The molecule has 0 aliphatic carbocycles. The van der Waals surface area contributed by atoms with E-state index in [-0.39, 0.29) is 5.91 Å². The predicted octanol–water partition coefficient (Wildman–Crippen LogP) is 3.89. The Labute approximate surface area is 154 Å². The van der Waals surface area contributed by atoms with Crippen LogP contribution in [0.5, 0.6) is 11.6 Å². The van der Waals surface area contributed by atoms with Crippen molar-refractivity contribution in [1.29, 1.82) is 0 Å². The summed E-state index contributed by atoms with van der Waals surface area (Å²) in [6.07, 6.45) is 4.21. The molecule has 1 aliphatic rings. The maximum Gasteiger partial charge on any atom is 0.255 e. The number of ether oxygens (including phenoxy) is 1. The van der Waals surface area contributed by atoms with Gasteiger partial charge in [-0.2, -0.15) is 0 Å². The zero-order valence-corrected chi connectivity index (χ0v) is 15.4. The number of amides is 1. The van der Waals surface area contributed by atoms with Crippen LogP contribution in [0.25, 0.3) is 0 Å². The highest BCUT2D eigenvalue weighted by molar-refractivity contribution is 5.94. The van der Waals surface area contributed by atoms with Crippen LogP contribution in [-0.4, -0.2) is 39.6 Å². The molecule has 0 bridgehead atoms. The molecule has 1 amide bonds. The molecule has 0 unspecified atom stereocenters. The second-order valence-corrected chi connectivity index (χ2v) is 7.55. The molecule has 1 N–H and O–H groups in total. The molecule has 5 heteroatoms. The van der Waals surface area contributed by atoms with Crippen LogP contribution in [-0.2, 0) is 0 Å². The lowest BCUT2D eigenvalue weighted by Crippen LogP contribution is -2.40. The summed E-state index contributed by atoms with van der Waals surface area (Å²) in [5.41, 5.74) is -0.0682. The average molecular weight is 354 g/mol. The lowest BCUT2D eigenvalue weighted by molar-refractivity contribution is 0.0358. The number of aliphatic hydroxyl groups is 1. The third kappa shape index (κ3) is 5.05. The first-order chi connectivity index (χ1) is 12.4. The number of aromatic nitrogens is 1. The second kappa shape index (κ2) is 7.87. The van der Waals surface area contributed by atoms with Crippen molar-refractivity contribution < 1.29 is 14.6 Å². The second-order valence-electron chi connectivity index (χ2n) is 7.55. The highest BCUT2D eigenvalue weighted by Gasteiger charge is 2.27. The number of likely N-dealkylation sites (tertiary alicyclic amines) is 1. The molecule has 1 fully saturated rings. The molecule has 1 aromatic heterocycles. The van der Waals surface area contributed by atoms with E-state index in [0.717, 1.165) is 32.4 Å². The van der Waals surface area contributed by atoms with E-state index in [0.29, 0.717) is 23.1 Å². The van der Waals surface area contributed by atoms with E-state index in [2.05, 4.69) is 4.98 Å².